The highest BCUT2D eigenvalue weighted by Gasteiger charge is 2.75. The largest absolute Gasteiger partial charge is 0.504 e. The van der Waals surface area contributed by atoms with E-state index in [2.05, 4.69) is 10.2 Å². The lowest BCUT2D eigenvalue weighted by Gasteiger charge is -2.63. The average Bonchev–Trinajstić information content (AvgIpc) is 3.61. The molecule has 198 valence electrons. The number of nitrogens with one attached hydrogen (secondary N) is 1. The number of hydrogen-bond donors (Lipinski definition) is 4. The molecule has 3 saturated carbocycles. The summed E-state index contributed by atoms with van der Waals surface area (Å²) in [5, 5.41) is 36.1. The third-order valence-electron chi connectivity index (χ3n) is 10.4. The fraction of sp³-hybridized carbons (Fsp3) is 0.679. The predicted molar refractivity (Wildman–Crippen MR) is 130 cm³/mol. The van der Waals surface area contributed by atoms with E-state index in [0.717, 1.165) is 24.1 Å². The molecule has 37 heavy (non-hydrogen) atoms. The molecular weight excluding hydrogens is 476 g/mol. The summed E-state index contributed by atoms with van der Waals surface area (Å²) in [6, 6.07) is 3.17. The van der Waals surface area contributed by atoms with Crippen molar-refractivity contribution in [3.8, 4) is 11.5 Å². The summed E-state index contributed by atoms with van der Waals surface area (Å²) >= 11 is 0. The molecule has 1 spiro atoms. The van der Waals surface area contributed by atoms with E-state index < -0.39 is 46.2 Å². The van der Waals surface area contributed by atoms with E-state index in [1.54, 1.807) is 6.07 Å². The number of rotatable bonds is 5. The van der Waals surface area contributed by atoms with Crippen LogP contribution in [-0.4, -0.2) is 74.3 Å². The van der Waals surface area contributed by atoms with Gasteiger partial charge in [-0.2, -0.15) is 0 Å². The van der Waals surface area contributed by atoms with Gasteiger partial charge in [0.05, 0.1) is 11.0 Å². The second kappa shape index (κ2) is 7.69. The molecule has 1 amide bonds. The molecule has 6 aliphatic rings. The summed E-state index contributed by atoms with van der Waals surface area (Å²) in [6.45, 7) is 1.59. The van der Waals surface area contributed by atoms with Crippen molar-refractivity contribution in [2.24, 2.45) is 11.8 Å². The minimum Gasteiger partial charge on any atom is -0.504 e. The fourth-order valence-electron chi connectivity index (χ4n) is 8.39. The van der Waals surface area contributed by atoms with Crippen LogP contribution in [0.25, 0.3) is 0 Å². The van der Waals surface area contributed by atoms with Crippen LogP contribution in [0.4, 0.5) is 0 Å². The zero-order valence-electron chi connectivity index (χ0n) is 20.9. The van der Waals surface area contributed by atoms with E-state index in [1.165, 1.54) is 12.8 Å². The topological polar surface area (TPSA) is 136 Å². The second-order valence-corrected chi connectivity index (χ2v) is 12.3. The van der Waals surface area contributed by atoms with Crippen LogP contribution >= 0.6 is 0 Å². The van der Waals surface area contributed by atoms with Crippen LogP contribution in [0.1, 0.15) is 68.9 Å². The highest BCUT2D eigenvalue weighted by molar-refractivity contribution is 6.07. The minimum atomic E-state index is -1.42. The first-order chi connectivity index (χ1) is 17.7. The summed E-state index contributed by atoms with van der Waals surface area (Å²) in [7, 11) is 0. The number of carbonyl (C=O) groups is 3. The number of nitrogens with zero attached hydrogens (tertiary/aromatic N) is 1. The Bertz CT molecular complexity index is 1210. The van der Waals surface area contributed by atoms with E-state index in [4.69, 9.17) is 4.74 Å². The first kappa shape index (κ1) is 23.5. The smallest absolute Gasteiger partial charge is 0.329 e. The molecule has 4 N–H and O–H groups in total. The molecule has 7 rings (SSSR count). The maximum absolute atomic E-state index is 14.0. The van der Waals surface area contributed by atoms with Gasteiger partial charge < -0.3 is 25.4 Å². The standard InChI is InChI=1S/C28H34N2O7/c31-18-7-6-16-12-19-28(36)13-17(24(33)29-26(25(34)35)8-2-1-3-9-26)21(32)23-27(28,20(16)22(18)37-23)10-11-30(19)14-15-4-5-15/h6-7,15,17,19,23,31,36H,1-5,8-14H2,(H,29,33)(H,34,35)/t17?,19-,23+,27+,28-/m1/s1. The highest BCUT2D eigenvalue weighted by Crippen LogP contribution is 2.65. The van der Waals surface area contributed by atoms with Crippen LogP contribution in [0.3, 0.4) is 0 Å². The van der Waals surface area contributed by atoms with E-state index in [-0.39, 0.29) is 24.0 Å². The van der Waals surface area contributed by atoms with E-state index in [1.807, 2.05) is 6.07 Å². The Morgan fingerprint density at radius 1 is 1.14 bits per heavy atom. The maximum atomic E-state index is 14.0. The third-order valence-corrected chi connectivity index (χ3v) is 10.4. The molecule has 5 atom stereocenters. The molecule has 2 bridgehead atoms. The number of Topliss-reactive ketones (excluding diaryl/α,β-unsaturated/α-hetero) is 1. The number of ketones is 1. The van der Waals surface area contributed by atoms with Gasteiger partial charge in [0.1, 0.15) is 11.5 Å². The number of carbonyl (C=O) groups excluding carboxylic acids is 2. The van der Waals surface area contributed by atoms with Crippen LogP contribution in [0, 0.1) is 11.8 Å². The van der Waals surface area contributed by atoms with Crippen LogP contribution in [-0.2, 0) is 26.2 Å². The molecule has 4 fully saturated rings. The van der Waals surface area contributed by atoms with Gasteiger partial charge in [-0.05, 0) is 69.0 Å². The molecule has 1 aromatic carbocycles. The second-order valence-electron chi connectivity index (χ2n) is 12.3. The number of carboxylic acids is 1. The first-order valence-corrected chi connectivity index (χ1v) is 13.8. The molecule has 0 radical (unpaired) electrons. The van der Waals surface area contributed by atoms with Crippen molar-refractivity contribution in [3.63, 3.8) is 0 Å². The van der Waals surface area contributed by atoms with Crippen LogP contribution in [0.15, 0.2) is 12.1 Å². The Morgan fingerprint density at radius 3 is 2.59 bits per heavy atom. The number of hydrogen-bond acceptors (Lipinski definition) is 7. The zero-order valence-corrected chi connectivity index (χ0v) is 20.9. The SMILES string of the molecule is O=C(NC1(C(=O)O)CCCCC1)C1C[C@@]2(O)[C@H]3Cc4ccc(O)c5c4[C@@]2(CCN3CC2CC2)[C@@H](O5)C1=O. The summed E-state index contributed by atoms with van der Waals surface area (Å²) in [4.78, 5) is 42.3. The molecule has 9 nitrogen and oxygen atoms in total. The first-order valence-electron chi connectivity index (χ1n) is 13.8. The number of phenols is 1. The Labute approximate surface area is 215 Å². The number of carboxylic acid groups (broad SMARTS) is 1. The van der Waals surface area contributed by atoms with Crippen molar-refractivity contribution >= 4 is 17.7 Å². The van der Waals surface area contributed by atoms with Crippen molar-refractivity contribution in [2.75, 3.05) is 13.1 Å². The van der Waals surface area contributed by atoms with Crippen LogP contribution in [0.2, 0.25) is 0 Å². The fourth-order valence-corrected chi connectivity index (χ4v) is 8.39. The summed E-state index contributed by atoms with van der Waals surface area (Å²) in [5.74, 6) is -2.58. The minimum absolute atomic E-state index is 0.0652. The number of aromatic hydroxyl groups is 1. The number of piperidine rings is 1. The number of benzene rings is 1. The van der Waals surface area contributed by atoms with Crippen molar-refractivity contribution in [1.29, 1.82) is 0 Å². The molecule has 4 aliphatic carbocycles. The number of phenolic OH excluding ortho intramolecular Hbond substituents is 1. The van der Waals surface area contributed by atoms with Crippen LogP contribution < -0.4 is 10.1 Å². The van der Waals surface area contributed by atoms with Gasteiger partial charge in [-0.25, -0.2) is 4.79 Å². The molecule has 9 heteroatoms. The lowest BCUT2D eigenvalue weighted by molar-refractivity contribution is -0.199. The monoisotopic (exact) mass is 510 g/mol. The van der Waals surface area contributed by atoms with Gasteiger partial charge in [0.25, 0.3) is 0 Å². The number of aliphatic carboxylic acids is 1. The van der Waals surface area contributed by atoms with E-state index in [0.29, 0.717) is 51.0 Å². The number of aliphatic hydroxyl groups is 1. The van der Waals surface area contributed by atoms with Gasteiger partial charge in [-0.1, -0.05) is 25.3 Å². The van der Waals surface area contributed by atoms with Gasteiger partial charge in [0.15, 0.2) is 23.4 Å². The van der Waals surface area contributed by atoms with E-state index >= 15 is 0 Å². The van der Waals surface area contributed by atoms with Gasteiger partial charge in [0.2, 0.25) is 5.91 Å². The van der Waals surface area contributed by atoms with Gasteiger partial charge in [-0.15, -0.1) is 0 Å². The Hall–Kier alpha value is -2.65. The van der Waals surface area contributed by atoms with Crippen molar-refractivity contribution in [1.82, 2.24) is 10.2 Å². The molecular formula is C28H34N2O7. The Morgan fingerprint density at radius 2 is 1.89 bits per heavy atom. The number of ether oxygens (including phenoxy) is 1. The van der Waals surface area contributed by atoms with Crippen molar-refractivity contribution < 1.29 is 34.4 Å². The maximum Gasteiger partial charge on any atom is 0.329 e. The molecule has 2 aliphatic heterocycles. The van der Waals surface area contributed by atoms with Crippen molar-refractivity contribution in [2.45, 2.75) is 92.9 Å². The van der Waals surface area contributed by atoms with Crippen LogP contribution in [0.5, 0.6) is 11.5 Å². The lowest BCUT2D eigenvalue weighted by atomic mass is 9.47. The summed E-state index contributed by atoms with van der Waals surface area (Å²) < 4.78 is 6.18. The predicted octanol–water partition coefficient (Wildman–Crippen LogP) is 1.66. The molecule has 2 heterocycles. The molecule has 1 aromatic rings. The molecule has 0 aromatic heterocycles. The quantitative estimate of drug-likeness (QED) is 0.439. The lowest BCUT2D eigenvalue weighted by Crippen LogP contribution is -2.78. The summed E-state index contributed by atoms with van der Waals surface area (Å²) in [6.07, 6.45) is 5.17. The van der Waals surface area contributed by atoms with Gasteiger partial charge in [0, 0.05) is 18.2 Å². The average molecular weight is 511 g/mol. The van der Waals surface area contributed by atoms with Crippen molar-refractivity contribution in [3.05, 3.63) is 23.3 Å². The summed E-state index contributed by atoms with van der Waals surface area (Å²) in [5.41, 5.74) is -2.13. The molecule has 1 saturated heterocycles. The number of likely N-dealkylation sites (tertiary alicyclic amines) is 1. The third kappa shape index (κ3) is 3.01. The molecule has 1 unspecified atom stereocenters. The highest BCUT2D eigenvalue weighted by atomic mass is 16.5. The van der Waals surface area contributed by atoms with Gasteiger partial charge >= 0.3 is 5.97 Å². The van der Waals surface area contributed by atoms with Gasteiger partial charge in [-0.3, -0.25) is 14.5 Å². The Balaban J connectivity index is 1.30. The zero-order chi connectivity index (χ0) is 25.7. The normalized spacial score (nSPS) is 37.4. The number of amides is 1. The van der Waals surface area contributed by atoms with E-state index in [9.17, 15) is 29.7 Å². The Kier molecular flexibility index (Phi) is 4.88.